The van der Waals surface area contributed by atoms with Crippen molar-refractivity contribution in [3.05, 3.63) is 71.8 Å². The van der Waals surface area contributed by atoms with E-state index in [-0.39, 0.29) is 24.4 Å². The first-order valence-corrected chi connectivity index (χ1v) is 9.81. The molecule has 2 aromatic carbocycles. The molecule has 1 N–H and O–H groups in total. The minimum atomic E-state index is -0.193. The van der Waals surface area contributed by atoms with Crippen molar-refractivity contribution in [3.63, 3.8) is 0 Å². The third-order valence-corrected chi connectivity index (χ3v) is 5.20. The maximum atomic E-state index is 12.6. The van der Waals surface area contributed by atoms with Crippen LogP contribution in [0.2, 0.25) is 0 Å². The maximum Gasteiger partial charge on any atom is 0.240 e. The van der Waals surface area contributed by atoms with Crippen molar-refractivity contribution in [2.45, 2.75) is 32.9 Å². The van der Waals surface area contributed by atoms with Gasteiger partial charge in [-0.1, -0.05) is 60.2 Å². The number of amides is 2. The Bertz CT molecular complexity index is 1020. The molecule has 0 spiro atoms. The van der Waals surface area contributed by atoms with Gasteiger partial charge in [0.05, 0.1) is 18.3 Å². The van der Waals surface area contributed by atoms with Gasteiger partial charge in [-0.15, -0.1) is 0 Å². The van der Waals surface area contributed by atoms with E-state index in [0.717, 1.165) is 16.8 Å². The largest absolute Gasteiger partial charge is 0.348 e. The molecule has 1 atom stereocenters. The number of hydrogen-bond donors (Lipinski definition) is 1. The molecule has 6 heteroatoms. The molecule has 1 aromatic heterocycles. The van der Waals surface area contributed by atoms with Crippen molar-refractivity contribution in [1.82, 2.24) is 15.1 Å². The van der Waals surface area contributed by atoms with E-state index in [1.165, 1.54) is 10.5 Å². The molecule has 3 aromatic rings. The first kappa shape index (κ1) is 18.9. The second kappa shape index (κ2) is 7.91. The standard InChI is InChI=1S/C23H24N4O2/c1-16-8-10-19(11-9-16)20-14-22-26(23(29)12-13-27(22)25-20)15-21(28)24-17(2)18-6-4-3-5-7-18/h3-11,14,17H,12-13,15H2,1-2H3,(H,24,28)/t17-/m1/s1. The highest BCUT2D eigenvalue weighted by atomic mass is 16.2. The summed E-state index contributed by atoms with van der Waals surface area (Å²) in [5, 5.41) is 7.62. The number of hydrogen-bond acceptors (Lipinski definition) is 3. The van der Waals surface area contributed by atoms with E-state index in [2.05, 4.69) is 10.4 Å². The predicted octanol–water partition coefficient (Wildman–Crippen LogP) is 3.47. The highest BCUT2D eigenvalue weighted by molar-refractivity contribution is 5.99. The Hall–Kier alpha value is -3.41. The van der Waals surface area contributed by atoms with Crippen LogP contribution in [0.3, 0.4) is 0 Å². The average molecular weight is 388 g/mol. The van der Waals surface area contributed by atoms with E-state index in [9.17, 15) is 9.59 Å². The Morgan fingerprint density at radius 2 is 1.86 bits per heavy atom. The lowest BCUT2D eigenvalue weighted by atomic mass is 10.1. The number of aromatic nitrogens is 2. The van der Waals surface area contributed by atoms with Gasteiger partial charge in [-0.25, -0.2) is 4.68 Å². The molecule has 4 rings (SSSR count). The first-order chi connectivity index (χ1) is 14.0. The first-order valence-electron chi connectivity index (χ1n) is 9.81. The Labute approximate surface area is 170 Å². The Balaban J connectivity index is 1.52. The van der Waals surface area contributed by atoms with Gasteiger partial charge in [0.2, 0.25) is 11.8 Å². The lowest BCUT2D eigenvalue weighted by Crippen LogP contribution is -2.44. The Morgan fingerprint density at radius 1 is 1.14 bits per heavy atom. The van der Waals surface area contributed by atoms with Crippen LogP contribution in [0.15, 0.2) is 60.7 Å². The van der Waals surface area contributed by atoms with Crippen molar-refractivity contribution < 1.29 is 9.59 Å². The Kier molecular flexibility index (Phi) is 5.16. The number of nitrogens with one attached hydrogen (secondary N) is 1. The van der Waals surface area contributed by atoms with E-state index in [1.807, 2.05) is 79.2 Å². The lowest BCUT2D eigenvalue weighted by molar-refractivity contribution is -0.124. The molecule has 2 amide bonds. The molecule has 0 saturated carbocycles. The van der Waals surface area contributed by atoms with Crippen LogP contribution in [0.4, 0.5) is 5.82 Å². The van der Waals surface area contributed by atoms with Crippen LogP contribution in [-0.2, 0) is 16.1 Å². The summed E-state index contributed by atoms with van der Waals surface area (Å²) in [6.07, 6.45) is 0.337. The van der Waals surface area contributed by atoms with Crippen molar-refractivity contribution in [1.29, 1.82) is 0 Å². The SMILES string of the molecule is Cc1ccc(-c2cc3n(n2)CCC(=O)N3CC(=O)N[C@H](C)c2ccccc2)cc1. The highest BCUT2D eigenvalue weighted by Crippen LogP contribution is 2.28. The molecular formula is C23H24N4O2. The maximum absolute atomic E-state index is 12.6. The molecule has 6 nitrogen and oxygen atoms in total. The fourth-order valence-electron chi connectivity index (χ4n) is 3.54. The summed E-state index contributed by atoms with van der Waals surface area (Å²) in [7, 11) is 0. The lowest BCUT2D eigenvalue weighted by Gasteiger charge is -2.27. The highest BCUT2D eigenvalue weighted by Gasteiger charge is 2.28. The molecule has 29 heavy (non-hydrogen) atoms. The summed E-state index contributed by atoms with van der Waals surface area (Å²) in [6.45, 7) is 4.48. The number of carbonyl (C=O) groups excluding carboxylic acids is 2. The van der Waals surface area contributed by atoms with Gasteiger partial charge in [0, 0.05) is 18.1 Å². The quantitative estimate of drug-likeness (QED) is 0.728. The third kappa shape index (κ3) is 4.06. The smallest absolute Gasteiger partial charge is 0.240 e. The topological polar surface area (TPSA) is 67.2 Å². The second-order valence-electron chi connectivity index (χ2n) is 7.41. The molecule has 0 radical (unpaired) electrons. The molecule has 148 valence electrons. The van der Waals surface area contributed by atoms with Crippen molar-refractivity contribution in [2.24, 2.45) is 0 Å². The average Bonchev–Trinajstić information content (AvgIpc) is 3.16. The van der Waals surface area contributed by atoms with E-state index in [4.69, 9.17) is 0 Å². The molecule has 0 fully saturated rings. The zero-order valence-electron chi connectivity index (χ0n) is 16.6. The van der Waals surface area contributed by atoms with Crippen LogP contribution >= 0.6 is 0 Å². The van der Waals surface area contributed by atoms with Crippen molar-refractivity contribution in [2.75, 3.05) is 11.4 Å². The van der Waals surface area contributed by atoms with Gasteiger partial charge in [-0.3, -0.25) is 14.5 Å². The summed E-state index contributed by atoms with van der Waals surface area (Å²) in [4.78, 5) is 26.7. The van der Waals surface area contributed by atoms with Crippen LogP contribution in [0.25, 0.3) is 11.3 Å². The van der Waals surface area contributed by atoms with E-state index in [0.29, 0.717) is 18.8 Å². The zero-order chi connectivity index (χ0) is 20.4. The van der Waals surface area contributed by atoms with Gasteiger partial charge >= 0.3 is 0 Å². The molecule has 0 bridgehead atoms. The van der Waals surface area contributed by atoms with E-state index < -0.39 is 0 Å². The molecular weight excluding hydrogens is 364 g/mol. The molecule has 0 unspecified atom stereocenters. The molecule has 0 saturated heterocycles. The van der Waals surface area contributed by atoms with Gasteiger partial charge in [0.1, 0.15) is 12.4 Å². The van der Waals surface area contributed by atoms with E-state index >= 15 is 0 Å². The zero-order valence-corrected chi connectivity index (χ0v) is 16.6. The molecule has 1 aliphatic heterocycles. The summed E-state index contributed by atoms with van der Waals surface area (Å²) < 4.78 is 1.81. The number of anilines is 1. The number of fused-ring (bicyclic) bond motifs is 1. The number of aryl methyl sites for hydroxylation is 2. The second-order valence-corrected chi connectivity index (χ2v) is 7.41. The van der Waals surface area contributed by atoms with Gasteiger partial charge < -0.3 is 5.32 Å². The van der Waals surface area contributed by atoms with Crippen LogP contribution in [0.5, 0.6) is 0 Å². The minimum Gasteiger partial charge on any atom is -0.348 e. The van der Waals surface area contributed by atoms with Gasteiger partial charge in [0.15, 0.2) is 0 Å². The monoisotopic (exact) mass is 388 g/mol. The normalized spacial score (nSPS) is 14.4. The Morgan fingerprint density at radius 3 is 2.59 bits per heavy atom. The van der Waals surface area contributed by atoms with Crippen molar-refractivity contribution in [3.8, 4) is 11.3 Å². The minimum absolute atomic E-state index is 0.0188. The summed E-state index contributed by atoms with van der Waals surface area (Å²) in [5.74, 6) is 0.413. The number of carbonyl (C=O) groups is 2. The molecule has 0 aliphatic carbocycles. The van der Waals surface area contributed by atoms with Gasteiger partial charge in [0.25, 0.3) is 0 Å². The van der Waals surface area contributed by atoms with Crippen LogP contribution in [0.1, 0.15) is 30.5 Å². The number of rotatable bonds is 5. The number of nitrogens with zero attached hydrogens (tertiary/aromatic N) is 3. The van der Waals surface area contributed by atoms with E-state index in [1.54, 1.807) is 0 Å². The number of benzene rings is 2. The predicted molar refractivity (Wildman–Crippen MR) is 112 cm³/mol. The summed E-state index contributed by atoms with van der Waals surface area (Å²) in [5.41, 5.74) is 4.00. The fourth-order valence-corrected chi connectivity index (χ4v) is 3.54. The molecule has 1 aliphatic rings. The van der Waals surface area contributed by atoms with Gasteiger partial charge in [-0.05, 0) is 19.4 Å². The van der Waals surface area contributed by atoms with Crippen LogP contribution in [-0.4, -0.2) is 28.1 Å². The van der Waals surface area contributed by atoms with Crippen LogP contribution in [0, 0.1) is 6.92 Å². The third-order valence-electron chi connectivity index (χ3n) is 5.20. The molecule has 2 heterocycles. The van der Waals surface area contributed by atoms with Crippen LogP contribution < -0.4 is 10.2 Å². The summed E-state index contributed by atoms with van der Waals surface area (Å²) in [6, 6.07) is 19.6. The van der Waals surface area contributed by atoms with Crippen molar-refractivity contribution >= 4 is 17.6 Å². The summed E-state index contributed by atoms with van der Waals surface area (Å²) >= 11 is 0. The van der Waals surface area contributed by atoms with Gasteiger partial charge in [-0.2, -0.15) is 5.10 Å². The fraction of sp³-hybridized carbons (Fsp3) is 0.261.